The molecule has 0 spiro atoms. The van der Waals surface area contributed by atoms with Crippen molar-refractivity contribution in [2.45, 2.75) is 6.92 Å². The molecule has 0 fully saturated rings. The summed E-state index contributed by atoms with van der Waals surface area (Å²) in [5, 5.41) is 14.0. The van der Waals surface area contributed by atoms with Crippen molar-refractivity contribution in [2.75, 3.05) is 5.32 Å². The van der Waals surface area contributed by atoms with E-state index in [9.17, 15) is 14.9 Å². The molecule has 0 saturated heterocycles. The van der Waals surface area contributed by atoms with E-state index in [1.165, 1.54) is 24.3 Å². The van der Waals surface area contributed by atoms with Crippen molar-refractivity contribution in [3.63, 3.8) is 0 Å². The zero-order chi connectivity index (χ0) is 18.0. The molecule has 2 aromatic carbocycles. The standard InChI is InChI=1S/C18H13ClN2O4/c1-11-16(10-17(25-11)12-2-4-13(19)5-3-12)18(22)20-14-6-8-15(9-7-14)21(23)24/h2-10H,1H3,(H,20,22). The molecule has 25 heavy (non-hydrogen) atoms. The van der Waals surface area contributed by atoms with Crippen LogP contribution in [-0.4, -0.2) is 10.8 Å². The van der Waals surface area contributed by atoms with E-state index >= 15 is 0 Å². The normalized spacial score (nSPS) is 10.5. The van der Waals surface area contributed by atoms with Gasteiger partial charge in [0.25, 0.3) is 11.6 Å². The number of non-ortho nitro benzene ring substituents is 1. The van der Waals surface area contributed by atoms with Crippen LogP contribution in [0.5, 0.6) is 0 Å². The molecular formula is C18H13ClN2O4. The lowest BCUT2D eigenvalue weighted by Gasteiger charge is -2.03. The lowest BCUT2D eigenvalue weighted by atomic mass is 10.1. The Morgan fingerprint density at radius 2 is 1.76 bits per heavy atom. The molecule has 1 aromatic heterocycles. The van der Waals surface area contributed by atoms with Crippen LogP contribution in [0.4, 0.5) is 11.4 Å². The minimum atomic E-state index is -0.496. The number of anilines is 1. The van der Waals surface area contributed by atoms with Crippen LogP contribution >= 0.6 is 11.6 Å². The maximum Gasteiger partial charge on any atom is 0.269 e. The molecule has 0 aliphatic heterocycles. The molecule has 3 aromatic rings. The number of nitrogens with zero attached hydrogens (tertiary/aromatic N) is 1. The minimum absolute atomic E-state index is 0.0393. The lowest BCUT2D eigenvalue weighted by Crippen LogP contribution is -2.12. The third-order valence-electron chi connectivity index (χ3n) is 3.63. The van der Waals surface area contributed by atoms with Gasteiger partial charge in [0.2, 0.25) is 0 Å². The highest BCUT2D eigenvalue weighted by Gasteiger charge is 2.16. The first-order valence-corrected chi connectivity index (χ1v) is 7.74. The molecule has 0 saturated carbocycles. The van der Waals surface area contributed by atoms with Crippen molar-refractivity contribution in [1.29, 1.82) is 0 Å². The molecule has 0 radical (unpaired) electrons. The summed E-state index contributed by atoms with van der Waals surface area (Å²) >= 11 is 5.87. The zero-order valence-corrected chi connectivity index (χ0v) is 13.9. The second kappa shape index (κ2) is 6.78. The van der Waals surface area contributed by atoms with E-state index < -0.39 is 4.92 Å². The van der Waals surface area contributed by atoms with E-state index in [0.717, 1.165) is 5.56 Å². The monoisotopic (exact) mass is 356 g/mol. The molecule has 1 N–H and O–H groups in total. The molecular weight excluding hydrogens is 344 g/mol. The van der Waals surface area contributed by atoms with Gasteiger partial charge >= 0.3 is 0 Å². The molecule has 1 amide bonds. The number of nitrogens with one attached hydrogen (secondary N) is 1. The van der Waals surface area contributed by atoms with Gasteiger partial charge in [0.1, 0.15) is 11.5 Å². The Hall–Kier alpha value is -3.12. The Morgan fingerprint density at radius 1 is 1.12 bits per heavy atom. The van der Waals surface area contributed by atoms with Crippen molar-refractivity contribution >= 4 is 28.9 Å². The number of hydrogen-bond donors (Lipinski definition) is 1. The Morgan fingerprint density at radius 3 is 2.36 bits per heavy atom. The molecule has 0 bridgehead atoms. The molecule has 0 aliphatic carbocycles. The number of amides is 1. The molecule has 3 rings (SSSR count). The third kappa shape index (κ3) is 3.70. The Kier molecular flexibility index (Phi) is 4.54. The van der Waals surface area contributed by atoms with Gasteiger partial charge in [0, 0.05) is 28.4 Å². The maximum absolute atomic E-state index is 12.4. The Bertz CT molecular complexity index is 931. The van der Waals surface area contributed by atoms with E-state index in [0.29, 0.717) is 27.8 Å². The van der Waals surface area contributed by atoms with E-state index in [1.54, 1.807) is 37.3 Å². The molecule has 0 unspecified atom stereocenters. The average molecular weight is 357 g/mol. The fraction of sp³-hybridized carbons (Fsp3) is 0.0556. The summed E-state index contributed by atoms with van der Waals surface area (Å²) in [6, 6.07) is 14.4. The van der Waals surface area contributed by atoms with Gasteiger partial charge in [-0.15, -0.1) is 0 Å². The number of nitro groups is 1. The number of aryl methyl sites for hydroxylation is 1. The van der Waals surface area contributed by atoms with Gasteiger partial charge in [-0.1, -0.05) is 11.6 Å². The van der Waals surface area contributed by atoms with Gasteiger partial charge in [0.05, 0.1) is 10.5 Å². The second-order valence-corrected chi connectivity index (χ2v) is 5.78. The van der Waals surface area contributed by atoms with E-state index in [1.807, 2.05) is 0 Å². The van der Waals surface area contributed by atoms with Crippen LogP contribution in [0.3, 0.4) is 0 Å². The Balaban J connectivity index is 1.80. The predicted molar refractivity (Wildman–Crippen MR) is 94.9 cm³/mol. The van der Waals surface area contributed by atoms with Crippen molar-refractivity contribution in [3.05, 3.63) is 81.1 Å². The smallest absolute Gasteiger partial charge is 0.269 e. The van der Waals surface area contributed by atoms with Crippen molar-refractivity contribution in [3.8, 4) is 11.3 Å². The number of rotatable bonds is 4. The summed E-state index contributed by atoms with van der Waals surface area (Å²) in [6.07, 6.45) is 0. The van der Waals surface area contributed by atoms with Crippen LogP contribution in [0.2, 0.25) is 5.02 Å². The highest BCUT2D eigenvalue weighted by molar-refractivity contribution is 6.30. The first-order chi connectivity index (χ1) is 11.9. The summed E-state index contributed by atoms with van der Waals surface area (Å²) in [7, 11) is 0. The van der Waals surface area contributed by atoms with Gasteiger partial charge in [0.15, 0.2) is 0 Å². The predicted octanol–water partition coefficient (Wildman–Crippen LogP) is 5.07. The number of benzene rings is 2. The van der Waals surface area contributed by atoms with Crippen LogP contribution in [0, 0.1) is 17.0 Å². The molecule has 0 aliphatic rings. The molecule has 0 atom stereocenters. The van der Waals surface area contributed by atoms with Crippen LogP contribution < -0.4 is 5.32 Å². The number of carbonyl (C=O) groups excluding carboxylic acids is 1. The summed E-state index contributed by atoms with van der Waals surface area (Å²) in [4.78, 5) is 22.6. The summed E-state index contributed by atoms with van der Waals surface area (Å²) in [6.45, 7) is 1.70. The van der Waals surface area contributed by atoms with Crippen molar-refractivity contribution in [2.24, 2.45) is 0 Å². The molecule has 6 nitrogen and oxygen atoms in total. The lowest BCUT2D eigenvalue weighted by molar-refractivity contribution is -0.384. The number of furan rings is 1. The maximum atomic E-state index is 12.4. The average Bonchev–Trinajstić information content (AvgIpc) is 2.98. The SMILES string of the molecule is Cc1oc(-c2ccc(Cl)cc2)cc1C(=O)Nc1ccc([N+](=O)[O-])cc1. The van der Waals surface area contributed by atoms with Gasteiger partial charge < -0.3 is 9.73 Å². The van der Waals surface area contributed by atoms with E-state index in [4.69, 9.17) is 16.0 Å². The van der Waals surface area contributed by atoms with Crippen molar-refractivity contribution in [1.82, 2.24) is 0 Å². The quantitative estimate of drug-likeness (QED) is 0.522. The fourth-order valence-electron chi connectivity index (χ4n) is 2.33. The summed E-state index contributed by atoms with van der Waals surface area (Å²) in [5.74, 6) is 0.683. The number of nitro benzene ring substituents is 1. The fourth-order valence-corrected chi connectivity index (χ4v) is 2.45. The van der Waals surface area contributed by atoms with Gasteiger partial charge in [-0.2, -0.15) is 0 Å². The number of carbonyl (C=O) groups is 1. The number of hydrogen-bond acceptors (Lipinski definition) is 4. The van der Waals surface area contributed by atoms with Crippen LogP contribution in [-0.2, 0) is 0 Å². The van der Waals surface area contributed by atoms with E-state index in [-0.39, 0.29) is 11.6 Å². The highest BCUT2D eigenvalue weighted by Crippen LogP contribution is 2.27. The number of halogens is 1. The van der Waals surface area contributed by atoms with Gasteiger partial charge in [-0.3, -0.25) is 14.9 Å². The highest BCUT2D eigenvalue weighted by atomic mass is 35.5. The minimum Gasteiger partial charge on any atom is -0.461 e. The summed E-state index contributed by atoms with van der Waals surface area (Å²) < 4.78 is 5.66. The Labute approximate surface area is 148 Å². The zero-order valence-electron chi connectivity index (χ0n) is 13.2. The molecule has 1 heterocycles. The molecule has 126 valence electrons. The van der Waals surface area contributed by atoms with E-state index in [2.05, 4.69) is 5.32 Å². The first kappa shape index (κ1) is 16.7. The summed E-state index contributed by atoms with van der Waals surface area (Å²) in [5.41, 5.74) is 1.62. The van der Waals surface area contributed by atoms with Crippen LogP contribution in [0.1, 0.15) is 16.1 Å². The van der Waals surface area contributed by atoms with Gasteiger partial charge in [-0.25, -0.2) is 0 Å². The second-order valence-electron chi connectivity index (χ2n) is 5.35. The third-order valence-corrected chi connectivity index (χ3v) is 3.88. The topological polar surface area (TPSA) is 85.4 Å². The van der Waals surface area contributed by atoms with Gasteiger partial charge in [-0.05, 0) is 49.4 Å². The van der Waals surface area contributed by atoms with Crippen molar-refractivity contribution < 1.29 is 14.1 Å². The van der Waals surface area contributed by atoms with Crippen LogP contribution in [0.15, 0.2) is 59.0 Å². The van der Waals surface area contributed by atoms with Crippen LogP contribution in [0.25, 0.3) is 11.3 Å². The molecule has 7 heteroatoms. The first-order valence-electron chi connectivity index (χ1n) is 7.36. The largest absolute Gasteiger partial charge is 0.461 e.